The topological polar surface area (TPSA) is 88.2 Å². The number of anilines is 2. The Labute approximate surface area is 188 Å². The third-order valence-corrected chi connectivity index (χ3v) is 4.93. The summed E-state index contributed by atoms with van der Waals surface area (Å²) in [6.07, 6.45) is 6.44. The van der Waals surface area contributed by atoms with E-state index in [0.717, 1.165) is 24.2 Å². The number of carbonyl (C=O) groups excluding carboxylic acids is 1. The van der Waals surface area contributed by atoms with Gasteiger partial charge in [0.1, 0.15) is 17.7 Å². The molecule has 0 aliphatic carbocycles. The van der Waals surface area contributed by atoms with Gasteiger partial charge in [0.25, 0.3) is 0 Å². The van der Waals surface area contributed by atoms with Crippen molar-refractivity contribution in [3.63, 3.8) is 0 Å². The van der Waals surface area contributed by atoms with Crippen molar-refractivity contribution >= 4 is 23.4 Å². The van der Waals surface area contributed by atoms with Gasteiger partial charge in [-0.05, 0) is 31.0 Å². The van der Waals surface area contributed by atoms with Gasteiger partial charge in [-0.2, -0.15) is 9.97 Å². The molecule has 0 saturated heterocycles. The molecule has 1 aromatic carbocycles. The molecule has 3 aromatic rings. The molecule has 0 aliphatic heterocycles. The van der Waals surface area contributed by atoms with Crippen molar-refractivity contribution in [3.8, 4) is 5.82 Å². The predicted octanol–water partition coefficient (Wildman–Crippen LogP) is 4.54. The van der Waals surface area contributed by atoms with E-state index in [-0.39, 0.29) is 5.91 Å². The van der Waals surface area contributed by atoms with Gasteiger partial charge >= 0.3 is 0 Å². The highest BCUT2D eigenvalue weighted by molar-refractivity contribution is 5.84. The van der Waals surface area contributed by atoms with Gasteiger partial charge in [0, 0.05) is 31.5 Å². The quantitative estimate of drug-likeness (QED) is 0.388. The molecule has 32 heavy (non-hydrogen) atoms. The standard InChI is InChI=1S/C24H29N7O/c1-4-6-9-20(23(32)27-17-18-10-12-19(25-3)13-11-18)28-21-16-22(31-14-7-8-15-31)30-24(29-21)26-5-2/h7-8,10-16,20H,4-6,9,17H2,1-2H3,(H,27,32)(H2,26,28,29,30)/t20-/m1/s1. The highest BCUT2D eigenvalue weighted by Crippen LogP contribution is 2.17. The first-order chi connectivity index (χ1) is 15.6. The maximum Gasteiger partial charge on any atom is 0.242 e. The molecule has 1 atom stereocenters. The summed E-state index contributed by atoms with van der Waals surface area (Å²) in [4.78, 5) is 25.5. The summed E-state index contributed by atoms with van der Waals surface area (Å²) in [6.45, 7) is 12.2. The lowest BCUT2D eigenvalue weighted by molar-refractivity contribution is -0.122. The Kier molecular flexibility index (Phi) is 8.21. The molecular weight excluding hydrogens is 402 g/mol. The van der Waals surface area contributed by atoms with Gasteiger partial charge in [-0.1, -0.05) is 44.0 Å². The fourth-order valence-corrected chi connectivity index (χ4v) is 3.22. The molecule has 2 aromatic heterocycles. The van der Waals surface area contributed by atoms with Gasteiger partial charge in [0.2, 0.25) is 11.9 Å². The Bertz CT molecular complexity index is 1040. The first kappa shape index (κ1) is 22.8. The minimum atomic E-state index is -0.417. The fourth-order valence-electron chi connectivity index (χ4n) is 3.22. The van der Waals surface area contributed by atoms with Crippen LogP contribution in [0, 0.1) is 6.57 Å². The molecule has 166 valence electrons. The summed E-state index contributed by atoms with van der Waals surface area (Å²) in [5, 5.41) is 9.47. The maximum atomic E-state index is 13.0. The van der Waals surface area contributed by atoms with E-state index in [0.29, 0.717) is 37.0 Å². The van der Waals surface area contributed by atoms with E-state index in [1.54, 1.807) is 12.1 Å². The molecule has 8 heteroatoms. The minimum absolute atomic E-state index is 0.0844. The Morgan fingerprint density at radius 3 is 2.56 bits per heavy atom. The fraction of sp³-hybridized carbons (Fsp3) is 0.333. The van der Waals surface area contributed by atoms with Crippen LogP contribution >= 0.6 is 0 Å². The van der Waals surface area contributed by atoms with Crippen molar-refractivity contribution < 1.29 is 4.79 Å². The lowest BCUT2D eigenvalue weighted by atomic mass is 10.1. The maximum absolute atomic E-state index is 13.0. The van der Waals surface area contributed by atoms with E-state index >= 15 is 0 Å². The van der Waals surface area contributed by atoms with Crippen molar-refractivity contribution in [2.75, 3.05) is 17.2 Å². The van der Waals surface area contributed by atoms with Gasteiger partial charge in [-0.15, -0.1) is 0 Å². The van der Waals surface area contributed by atoms with Crippen LogP contribution in [0.15, 0.2) is 54.9 Å². The number of rotatable bonds is 11. The van der Waals surface area contributed by atoms with E-state index in [1.165, 1.54) is 0 Å². The van der Waals surface area contributed by atoms with Crippen LogP contribution in [-0.2, 0) is 11.3 Å². The first-order valence-corrected chi connectivity index (χ1v) is 10.9. The summed E-state index contributed by atoms with van der Waals surface area (Å²) >= 11 is 0. The molecule has 0 spiro atoms. The number of unbranched alkanes of at least 4 members (excludes halogenated alkanes) is 1. The van der Waals surface area contributed by atoms with Crippen molar-refractivity contribution in [2.24, 2.45) is 0 Å². The van der Waals surface area contributed by atoms with Gasteiger partial charge in [-0.3, -0.25) is 4.79 Å². The molecule has 0 radical (unpaired) electrons. The Morgan fingerprint density at radius 2 is 1.91 bits per heavy atom. The van der Waals surface area contributed by atoms with Crippen molar-refractivity contribution in [2.45, 2.75) is 45.7 Å². The number of benzene rings is 1. The van der Waals surface area contributed by atoms with Crippen LogP contribution in [0.2, 0.25) is 0 Å². The molecule has 0 bridgehead atoms. The summed E-state index contributed by atoms with van der Waals surface area (Å²) in [5.41, 5.74) is 1.53. The Morgan fingerprint density at radius 1 is 1.16 bits per heavy atom. The number of nitrogens with one attached hydrogen (secondary N) is 3. The van der Waals surface area contributed by atoms with Crippen molar-refractivity contribution in [1.82, 2.24) is 19.9 Å². The monoisotopic (exact) mass is 431 g/mol. The van der Waals surface area contributed by atoms with Crippen molar-refractivity contribution in [3.05, 3.63) is 71.8 Å². The van der Waals surface area contributed by atoms with Gasteiger partial charge < -0.3 is 20.5 Å². The molecule has 0 fully saturated rings. The van der Waals surface area contributed by atoms with Gasteiger partial charge in [0.15, 0.2) is 5.69 Å². The largest absolute Gasteiger partial charge is 0.358 e. The van der Waals surface area contributed by atoms with E-state index < -0.39 is 6.04 Å². The van der Waals surface area contributed by atoms with E-state index in [4.69, 9.17) is 6.57 Å². The van der Waals surface area contributed by atoms with Crippen LogP contribution in [0.25, 0.3) is 10.7 Å². The second-order valence-corrected chi connectivity index (χ2v) is 7.39. The first-order valence-electron chi connectivity index (χ1n) is 10.9. The SMILES string of the molecule is [C-]#[N+]c1ccc(CNC(=O)[C@@H](CCCC)Nc2cc(-n3cccc3)nc(NCC)n2)cc1. The van der Waals surface area contributed by atoms with Gasteiger partial charge in [0.05, 0.1) is 6.57 Å². The molecule has 8 nitrogen and oxygen atoms in total. The zero-order valence-corrected chi connectivity index (χ0v) is 18.5. The number of nitrogens with zero attached hydrogens (tertiary/aromatic N) is 4. The van der Waals surface area contributed by atoms with Crippen LogP contribution < -0.4 is 16.0 Å². The van der Waals surface area contributed by atoms with Crippen LogP contribution in [-0.4, -0.2) is 33.0 Å². The summed E-state index contributed by atoms with van der Waals surface area (Å²) in [6, 6.07) is 12.5. The zero-order chi connectivity index (χ0) is 22.8. The van der Waals surface area contributed by atoms with E-state index in [9.17, 15) is 4.79 Å². The Hall–Kier alpha value is -3.86. The van der Waals surface area contributed by atoms with Crippen LogP contribution in [0.1, 0.15) is 38.7 Å². The molecule has 0 unspecified atom stereocenters. The third-order valence-electron chi connectivity index (χ3n) is 4.93. The predicted molar refractivity (Wildman–Crippen MR) is 127 cm³/mol. The lowest BCUT2D eigenvalue weighted by Crippen LogP contribution is -2.39. The average molecular weight is 432 g/mol. The summed E-state index contributed by atoms with van der Waals surface area (Å²) < 4.78 is 1.90. The summed E-state index contributed by atoms with van der Waals surface area (Å²) in [7, 11) is 0. The average Bonchev–Trinajstić information content (AvgIpc) is 3.36. The molecule has 0 aliphatic rings. The third kappa shape index (κ3) is 6.32. The second kappa shape index (κ2) is 11.5. The summed E-state index contributed by atoms with van der Waals surface area (Å²) in [5.74, 6) is 1.74. The number of amides is 1. The molecule has 1 amide bonds. The highest BCUT2D eigenvalue weighted by atomic mass is 16.2. The Balaban J connectivity index is 1.75. The second-order valence-electron chi connectivity index (χ2n) is 7.39. The number of hydrogen-bond donors (Lipinski definition) is 3. The number of carbonyl (C=O) groups is 1. The van der Waals surface area contributed by atoms with Gasteiger partial charge in [-0.25, -0.2) is 4.85 Å². The van der Waals surface area contributed by atoms with E-state index in [2.05, 4.69) is 37.7 Å². The van der Waals surface area contributed by atoms with E-state index in [1.807, 2.05) is 54.2 Å². The lowest BCUT2D eigenvalue weighted by Gasteiger charge is -2.20. The normalized spacial score (nSPS) is 11.4. The smallest absolute Gasteiger partial charge is 0.242 e. The number of hydrogen-bond acceptors (Lipinski definition) is 5. The molecule has 3 N–H and O–H groups in total. The molecule has 0 saturated carbocycles. The van der Waals surface area contributed by atoms with Crippen LogP contribution in [0.3, 0.4) is 0 Å². The molecule has 3 rings (SSSR count). The number of aromatic nitrogens is 3. The zero-order valence-electron chi connectivity index (χ0n) is 18.5. The molecular formula is C24H29N7O. The highest BCUT2D eigenvalue weighted by Gasteiger charge is 2.19. The van der Waals surface area contributed by atoms with Crippen LogP contribution in [0.4, 0.5) is 17.5 Å². The molecule has 2 heterocycles. The van der Waals surface area contributed by atoms with Crippen molar-refractivity contribution in [1.29, 1.82) is 0 Å². The van der Waals surface area contributed by atoms with Crippen LogP contribution in [0.5, 0.6) is 0 Å². The minimum Gasteiger partial charge on any atom is -0.358 e.